The van der Waals surface area contributed by atoms with E-state index in [1.54, 1.807) is 18.2 Å². The van der Waals surface area contributed by atoms with Gasteiger partial charge in [-0.25, -0.2) is 13.4 Å². The van der Waals surface area contributed by atoms with Crippen LogP contribution in [0.5, 0.6) is 0 Å². The molecule has 2 aromatic rings. The molecule has 1 amide bonds. The maximum atomic E-state index is 12.5. The minimum atomic E-state index is -3.51. The average Bonchev–Trinajstić information content (AvgIpc) is 2.89. The molecule has 25 heavy (non-hydrogen) atoms. The molecule has 0 unspecified atom stereocenters. The van der Waals surface area contributed by atoms with Crippen molar-refractivity contribution in [1.29, 1.82) is 0 Å². The Kier molecular flexibility index (Phi) is 5.42. The van der Waals surface area contributed by atoms with Crippen LogP contribution in [-0.2, 0) is 21.2 Å². The van der Waals surface area contributed by atoms with Crippen molar-refractivity contribution >= 4 is 26.8 Å². The summed E-state index contributed by atoms with van der Waals surface area (Å²) in [6.07, 6.45) is 9.09. The zero-order valence-electron chi connectivity index (χ0n) is 14.6. The number of amides is 1. The molecule has 1 N–H and O–H groups in total. The van der Waals surface area contributed by atoms with Gasteiger partial charge in [-0.1, -0.05) is 44.2 Å². The molecule has 0 spiro atoms. The number of benzene rings is 1. The summed E-state index contributed by atoms with van der Waals surface area (Å²) in [5.74, 6) is -0.154. The van der Waals surface area contributed by atoms with Crippen LogP contribution in [0.2, 0.25) is 0 Å². The molecule has 7 heteroatoms. The van der Waals surface area contributed by atoms with Crippen LogP contribution in [0.25, 0.3) is 11.0 Å². The molecule has 1 heterocycles. The fraction of sp³-hybridized carbons (Fsp3) is 0.556. The lowest BCUT2D eigenvalue weighted by Gasteiger charge is -2.21. The van der Waals surface area contributed by atoms with Gasteiger partial charge >= 0.3 is 0 Å². The fourth-order valence-electron chi connectivity index (χ4n) is 3.51. The Bertz CT molecular complexity index is 850. The molecule has 1 aromatic carbocycles. The van der Waals surface area contributed by atoms with Crippen LogP contribution >= 0.6 is 0 Å². The first kappa shape index (κ1) is 17.9. The predicted molar refractivity (Wildman–Crippen MR) is 97.1 cm³/mol. The molecule has 136 valence electrons. The fourth-order valence-corrected chi connectivity index (χ4v) is 4.33. The summed E-state index contributed by atoms with van der Waals surface area (Å²) in [6, 6.07) is 7.36. The maximum Gasteiger partial charge on any atom is 0.240 e. The van der Waals surface area contributed by atoms with Crippen LogP contribution in [0.4, 0.5) is 0 Å². The molecule has 1 fully saturated rings. The van der Waals surface area contributed by atoms with Gasteiger partial charge in [0.05, 0.1) is 11.0 Å². The van der Waals surface area contributed by atoms with Crippen LogP contribution < -0.4 is 5.32 Å². The summed E-state index contributed by atoms with van der Waals surface area (Å²) in [5, 5.41) is 3.03. The highest BCUT2D eigenvalue weighted by molar-refractivity contribution is 7.90. The number of hydrogen-bond acceptors (Lipinski definition) is 4. The summed E-state index contributed by atoms with van der Waals surface area (Å²) in [7, 11) is -3.51. The molecule has 1 saturated carbocycles. The number of para-hydroxylation sites is 2. The van der Waals surface area contributed by atoms with E-state index >= 15 is 0 Å². The van der Waals surface area contributed by atoms with E-state index in [9.17, 15) is 13.2 Å². The van der Waals surface area contributed by atoms with Gasteiger partial charge in [0.2, 0.25) is 20.9 Å². The number of nitrogens with one attached hydrogen (secondary N) is 1. The number of sulfone groups is 1. The van der Waals surface area contributed by atoms with Gasteiger partial charge in [-0.05, 0) is 25.0 Å². The van der Waals surface area contributed by atoms with E-state index < -0.39 is 9.84 Å². The largest absolute Gasteiger partial charge is 0.352 e. The van der Waals surface area contributed by atoms with E-state index in [4.69, 9.17) is 0 Å². The van der Waals surface area contributed by atoms with Crippen molar-refractivity contribution in [1.82, 2.24) is 14.9 Å². The van der Waals surface area contributed by atoms with Gasteiger partial charge in [0.25, 0.3) is 0 Å². The number of carbonyl (C=O) groups excluding carboxylic acids is 1. The number of aromatic nitrogens is 2. The standard InChI is InChI=1S/C18H25N3O3S/c1-25(23,24)18-20-15-11-7-8-12-16(15)21(18)13-17(22)19-14-9-5-3-2-4-6-10-14/h7-8,11-12,14H,2-6,9-10,13H2,1H3,(H,19,22). The highest BCUT2D eigenvalue weighted by Crippen LogP contribution is 2.20. The summed E-state index contributed by atoms with van der Waals surface area (Å²) >= 11 is 0. The zero-order valence-corrected chi connectivity index (χ0v) is 15.4. The Balaban J connectivity index is 1.80. The van der Waals surface area contributed by atoms with Crippen molar-refractivity contribution < 1.29 is 13.2 Å². The Morgan fingerprint density at radius 2 is 1.80 bits per heavy atom. The third kappa shape index (κ3) is 4.39. The molecule has 0 aliphatic heterocycles. The highest BCUT2D eigenvalue weighted by atomic mass is 32.2. The monoisotopic (exact) mass is 363 g/mol. The van der Waals surface area contributed by atoms with Crippen molar-refractivity contribution in [3.05, 3.63) is 24.3 Å². The number of nitrogens with zero attached hydrogens (tertiary/aromatic N) is 2. The smallest absolute Gasteiger partial charge is 0.240 e. The predicted octanol–water partition coefficient (Wildman–Crippen LogP) is 2.67. The Morgan fingerprint density at radius 3 is 2.48 bits per heavy atom. The van der Waals surface area contributed by atoms with Crippen molar-refractivity contribution in [2.45, 2.75) is 62.7 Å². The minimum Gasteiger partial charge on any atom is -0.352 e. The first-order chi connectivity index (χ1) is 11.9. The van der Waals surface area contributed by atoms with Gasteiger partial charge in [0.15, 0.2) is 0 Å². The van der Waals surface area contributed by atoms with Gasteiger partial charge in [-0.3, -0.25) is 4.79 Å². The number of hydrogen-bond donors (Lipinski definition) is 1. The van der Waals surface area contributed by atoms with Gasteiger partial charge in [-0.15, -0.1) is 0 Å². The lowest BCUT2D eigenvalue weighted by molar-refractivity contribution is -0.122. The summed E-state index contributed by atoms with van der Waals surface area (Å²) < 4.78 is 25.6. The van der Waals surface area contributed by atoms with Crippen LogP contribution in [-0.4, -0.2) is 36.2 Å². The molecular formula is C18H25N3O3S. The summed E-state index contributed by atoms with van der Waals surface area (Å²) in [5.41, 5.74) is 1.25. The van der Waals surface area contributed by atoms with Crippen LogP contribution in [0, 0.1) is 0 Å². The third-order valence-electron chi connectivity index (χ3n) is 4.72. The first-order valence-electron chi connectivity index (χ1n) is 8.90. The topological polar surface area (TPSA) is 81.1 Å². The van der Waals surface area contributed by atoms with Gasteiger partial charge in [0, 0.05) is 12.3 Å². The lowest BCUT2D eigenvalue weighted by Crippen LogP contribution is -2.37. The quantitative estimate of drug-likeness (QED) is 0.905. The van der Waals surface area contributed by atoms with Crippen molar-refractivity contribution in [2.75, 3.05) is 6.26 Å². The van der Waals surface area contributed by atoms with Crippen molar-refractivity contribution in [2.24, 2.45) is 0 Å². The molecule has 1 aromatic heterocycles. The second kappa shape index (κ2) is 7.56. The molecular weight excluding hydrogens is 338 g/mol. The Labute approximate surface area is 148 Å². The van der Waals surface area contributed by atoms with Gasteiger partial charge in [-0.2, -0.15) is 0 Å². The first-order valence-corrected chi connectivity index (χ1v) is 10.8. The van der Waals surface area contributed by atoms with E-state index in [0.29, 0.717) is 11.0 Å². The van der Waals surface area contributed by atoms with E-state index in [0.717, 1.165) is 31.9 Å². The Hall–Kier alpha value is -1.89. The molecule has 0 radical (unpaired) electrons. The molecule has 0 bridgehead atoms. The average molecular weight is 363 g/mol. The summed E-state index contributed by atoms with van der Waals surface area (Å²) in [4.78, 5) is 16.8. The third-order valence-corrected chi connectivity index (χ3v) is 5.70. The van der Waals surface area contributed by atoms with Crippen molar-refractivity contribution in [3.63, 3.8) is 0 Å². The molecule has 0 atom stereocenters. The highest BCUT2D eigenvalue weighted by Gasteiger charge is 2.22. The van der Waals surface area contributed by atoms with Gasteiger partial charge < -0.3 is 9.88 Å². The number of carbonyl (C=O) groups is 1. The van der Waals surface area contributed by atoms with E-state index in [1.165, 1.54) is 23.8 Å². The van der Waals surface area contributed by atoms with Gasteiger partial charge in [0.1, 0.15) is 6.54 Å². The number of imidazole rings is 1. The second-order valence-corrected chi connectivity index (χ2v) is 8.76. The van der Waals surface area contributed by atoms with Crippen LogP contribution in [0.15, 0.2) is 29.4 Å². The van der Waals surface area contributed by atoms with Crippen LogP contribution in [0.3, 0.4) is 0 Å². The SMILES string of the molecule is CS(=O)(=O)c1nc2ccccc2n1CC(=O)NC1CCCCCCC1. The summed E-state index contributed by atoms with van der Waals surface area (Å²) in [6.45, 7) is -0.0284. The molecule has 6 nitrogen and oxygen atoms in total. The minimum absolute atomic E-state index is 0.0284. The van der Waals surface area contributed by atoms with E-state index in [-0.39, 0.29) is 23.7 Å². The van der Waals surface area contributed by atoms with E-state index in [1.807, 2.05) is 6.07 Å². The van der Waals surface area contributed by atoms with Crippen LogP contribution in [0.1, 0.15) is 44.9 Å². The Morgan fingerprint density at radius 1 is 1.16 bits per heavy atom. The second-order valence-electron chi connectivity index (χ2n) is 6.85. The number of rotatable bonds is 4. The van der Waals surface area contributed by atoms with Crippen molar-refractivity contribution in [3.8, 4) is 0 Å². The lowest BCUT2D eigenvalue weighted by atomic mass is 9.97. The normalized spacial score (nSPS) is 17.2. The maximum absolute atomic E-state index is 12.5. The molecule has 1 aliphatic carbocycles. The number of fused-ring (bicyclic) bond motifs is 1. The molecule has 3 rings (SSSR count). The van der Waals surface area contributed by atoms with E-state index in [2.05, 4.69) is 10.3 Å². The zero-order chi connectivity index (χ0) is 17.9. The molecule has 0 saturated heterocycles. The molecule has 1 aliphatic rings.